The zero-order valence-corrected chi connectivity index (χ0v) is 8.55. The van der Waals surface area contributed by atoms with Gasteiger partial charge in [0.25, 0.3) is 0 Å². The molecule has 0 radical (unpaired) electrons. The Balaban J connectivity index is 2.61. The summed E-state index contributed by atoms with van der Waals surface area (Å²) in [6.07, 6.45) is -2.68. The maximum atomic E-state index is 12.2. The van der Waals surface area contributed by atoms with Crippen LogP contribution in [0.2, 0.25) is 0 Å². The van der Waals surface area contributed by atoms with Crippen molar-refractivity contribution in [3.05, 3.63) is 0 Å². The lowest BCUT2D eigenvalue weighted by Gasteiger charge is -2.26. The van der Waals surface area contributed by atoms with Crippen molar-refractivity contribution in [3.63, 3.8) is 0 Å². The third-order valence-corrected chi connectivity index (χ3v) is 2.38. The lowest BCUT2D eigenvalue weighted by molar-refractivity contribution is -0.163. The molecule has 1 aliphatic carbocycles. The summed E-state index contributed by atoms with van der Waals surface area (Å²) in [5.74, 6) is -0.586. The number of amides is 1. The lowest BCUT2D eigenvalue weighted by atomic mass is 10.2. The minimum Gasteiger partial charge on any atom is -0.329 e. The van der Waals surface area contributed by atoms with Gasteiger partial charge in [-0.2, -0.15) is 13.2 Å². The molecule has 0 aliphatic heterocycles. The molecule has 15 heavy (non-hydrogen) atoms. The number of hydrogen-bond donors (Lipinski definition) is 1. The van der Waals surface area contributed by atoms with Gasteiger partial charge in [0, 0.05) is 6.04 Å². The highest BCUT2D eigenvalue weighted by Crippen LogP contribution is 2.30. The maximum Gasteiger partial charge on any atom is 0.406 e. The molecule has 1 amide bonds. The van der Waals surface area contributed by atoms with Gasteiger partial charge in [0.1, 0.15) is 6.54 Å². The Hall–Kier alpha value is -0.780. The van der Waals surface area contributed by atoms with Gasteiger partial charge in [0.05, 0.1) is 6.04 Å². The molecule has 88 valence electrons. The van der Waals surface area contributed by atoms with E-state index in [1.54, 1.807) is 6.92 Å². The number of halogens is 3. The van der Waals surface area contributed by atoms with Gasteiger partial charge in [-0.15, -0.1) is 0 Å². The Kier molecular flexibility index (Phi) is 3.59. The number of nitrogens with zero attached hydrogens (tertiary/aromatic N) is 1. The van der Waals surface area contributed by atoms with Crippen molar-refractivity contribution >= 4 is 5.91 Å². The predicted molar refractivity (Wildman–Crippen MR) is 49.1 cm³/mol. The SMILES string of the molecule is CCC(N)C(=O)N(CC(F)(F)F)C1CC1. The maximum absolute atomic E-state index is 12.2. The minimum absolute atomic E-state index is 0.253. The van der Waals surface area contributed by atoms with Crippen LogP contribution in [0.25, 0.3) is 0 Å². The van der Waals surface area contributed by atoms with Crippen molar-refractivity contribution in [2.75, 3.05) is 6.54 Å². The van der Waals surface area contributed by atoms with Gasteiger partial charge in [-0.05, 0) is 19.3 Å². The second-order valence-corrected chi connectivity index (χ2v) is 3.83. The van der Waals surface area contributed by atoms with Crippen LogP contribution in [-0.4, -0.2) is 35.6 Å². The zero-order valence-electron chi connectivity index (χ0n) is 8.55. The van der Waals surface area contributed by atoms with Crippen LogP contribution in [0.15, 0.2) is 0 Å². The Bertz CT molecular complexity index is 238. The second-order valence-electron chi connectivity index (χ2n) is 3.83. The van der Waals surface area contributed by atoms with Crippen LogP contribution < -0.4 is 5.73 Å². The Morgan fingerprint density at radius 2 is 2.07 bits per heavy atom. The molecule has 6 heteroatoms. The topological polar surface area (TPSA) is 46.3 Å². The second kappa shape index (κ2) is 4.38. The summed E-state index contributed by atoms with van der Waals surface area (Å²) in [6, 6.07) is -1.07. The highest BCUT2D eigenvalue weighted by atomic mass is 19.4. The van der Waals surface area contributed by atoms with Gasteiger partial charge in [-0.25, -0.2) is 0 Å². The molecule has 0 aromatic carbocycles. The molecule has 2 N–H and O–H groups in total. The molecule has 0 aromatic heterocycles. The number of nitrogens with two attached hydrogens (primary N) is 1. The first kappa shape index (κ1) is 12.3. The minimum atomic E-state index is -4.34. The molecule has 1 atom stereocenters. The van der Waals surface area contributed by atoms with E-state index in [9.17, 15) is 18.0 Å². The number of hydrogen-bond acceptors (Lipinski definition) is 2. The van der Waals surface area contributed by atoms with Gasteiger partial charge in [0.15, 0.2) is 0 Å². The van der Waals surface area contributed by atoms with Crippen LogP contribution in [0, 0.1) is 0 Å². The Labute approximate surface area is 86.4 Å². The Morgan fingerprint density at radius 3 is 2.40 bits per heavy atom. The number of alkyl halides is 3. The highest BCUT2D eigenvalue weighted by Gasteiger charge is 2.41. The first-order chi connectivity index (χ1) is 6.85. The predicted octanol–water partition coefficient (Wildman–Crippen LogP) is 1.28. The summed E-state index contributed by atoms with van der Waals surface area (Å²) in [6.45, 7) is 0.505. The van der Waals surface area contributed by atoms with Crippen LogP contribution in [0.3, 0.4) is 0 Å². The summed E-state index contributed by atoms with van der Waals surface area (Å²) in [5, 5.41) is 0. The fraction of sp³-hybridized carbons (Fsp3) is 0.889. The van der Waals surface area contributed by atoms with Crippen LogP contribution in [0.4, 0.5) is 13.2 Å². The number of carbonyl (C=O) groups excluding carboxylic acids is 1. The van der Waals surface area contributed by atoms with E-state index in [0.29, 0.717) is 19.3 Å². The quantitative estimate of drug-likeness (QED) is 0.781. The van der Waals surface area contributed by atoms with Crippen molar-refractivity contribution in [2.24, 2.45) is 5.73 Å². The Morgan fingerprint density at radius 1 is 1.53 bits per heavy atom. The van der Waals surface area contributed by atoms with Gasteiger partial charge >= 0.3 is 6.18 Å². The van der Waals surface area contributed by atoms with E-state index in [0.717, 1.165) is 4.90 Å². The highest BCUT2D eigenvalue weighted by molar-refractivity contribution is 5.82. The molecule has 1 rings (SSSR count). The molecule has 0 aromatic rings. The molecule has 0 bridgehead atoms. The smallest absolute Gasteiger partial charge is 0.329 e. The summed E-state index contributed by atoms with van der Waals surface area (Å²) < 4.78 is 36.6. The van der Waals surface area contributed by atoms with E-state index in [4.69, 9.17) is 5.73 Å². The molecule has 0 heterocycles. The van der Waals surface area contributed by atoms with E-state index in [-0.39, 0.29) is 6.04 Å². The molecular weight excluding hydrogens is 209 g/mol. The van der Waals surface area contributed by atoms with Crippen LogP contribution >= 0.6 is 0 Å². The lowest BCUT2D eigenvalue weighted by Crippen LogP contribution is -2.48. The molecule has 0 saturated heterocycles. The average Bonchev–Trinajstić information content (AvgIpc) is 2.93. The van der Waals surface area contributed by atoms with Crippen molar-refractivity contribution in [1.29, 1.82) is 0 Å². The van der Waals surface area contributed by atoms with E-state index in [1.807, 2.05) is 0 Å². The van der Waals surface area contributed by atoms with Crippen LogP contribution in [-0.2, 0) is 4.79 Å². The van der Waals surface area contributed by atoms with E-state index < -0.39 is 24.7 Å². The van der Waals surface area contributed by atoms with E-state index >= 15 is 0 Å². The molecule has 1 aliphatic rings. The summed E-state index contributed by atoms with van der Waals surface area (Å²) >= 11 is 0. The summed E-state index contributed by atoms with van der Waals surface area (Å²) in [5.41, 5.74) is 5.44. The van der Waals surface area contributed by atoms with E-state index in [1.165, 1.54) is 0 Å². The van der Waals surface area contributed by atoms with Crippen LogP contribution in [0.1, 0.15) is 26.2 Å². The standard InChI is InChI=1S/C9H15F3N2O/c1-2-7(13)8(15)14(6-3-4-6)5-9(10,11)12/h6-7H,2-5,13H2,1H3. The molecule has 0 spiro atoms. The molecule has 1 unspecified atom stereocenters. The normalized spacial score (nSPS) is 18.7. The van der Waals surface area contributed by atoms with Crippen molar-refractivity contribution in [1.82, 2.24) is 4.90 Å². The summed E-state index contributed by atoms with van der Waals surface area (Å²) in [4.78, 5) is 12.4. The molecule has 1 saturated carbocycles. The van der Waals surface area contributed by atoms with Gasteiger partial charge in [-0.1, -0.05) is 6.92 Å². The first-order valence-electron chi connectivity index (χ1n) is 4.98. The van der Waals surface area contributed by atoms with Crippen LogP contribution in [0.5, 0.6) is 0 Å². The average molecular weight is 224 g/mol. The van der Waals surface area contributed by atoms with Gasteiger partial charge in [-0.3, -0.25) is 4.79 Å². The number of carbonyl (C=O) groups is 1. The third kappa shape index (κ3) is 3.70. The van der Waals surface area contributed by atoms with Crippen molar-refractivity contribution in [3.8, 4) is 0 Å². The first-order valence-corrected chi connectivity index (χ1v) is 4.98. The summed E-state index contributed by atoms with van der Waals surface area (Å²) in [7, 11) is 0. The van der Waals surface area contributed by atoms with E-state index in [2.05, 4.69) is 0 Å². The molecule has 1 fully saturated rings. The number of rotatable bonds is 4. The zero-order chi connectivity index (χ0) is 11.6. The fourth-order valence-electron chi connectivity index (χ4n) is 1.35. The van der Waals surface area contributed by atoms with Crippen molar-refractivity contribution in [2.45, 2.75) is 44.4 Å². The third-order valence-electron chi connectivity index (χ3n) is 2.38. The molecular formula is C9H15F3N2O. The molecule has 3 nitrogen and oxygen atoms in total. The van der Waals surface area contributed by atoms with Gasteiger partial charge in [0.2, 0.25) is 5.91 Å². The van der Waals surface area contributed by atoms with Gasteiger partial charge < -0.3 is 10.6 Å². The fourth-order valence-corrected chi connectivity index (χ4v) is 1.35. The van der Waals surface area contributed by atoms with Crippen molar-refractivity contribution < 1.29 is 18.0 Å². The largest absolute Gasteiger partial charge is 0.406 e. The monoisotopic (exact) mass is 224 g/mol.